The summed E-state index contributed by atoms with van der Waals surface area (Å²) >= 11 is 5.21. The predicted octanol–water partition coefficient (Wildman–Crippen LogP) is 3.70. The van der Waals surface area contributed by atoms with Gasteiger partial charge in [-0.3, -0.25) is 4.79 Å². The second-order valence-corrected chi connectivity index (χ2v) is 6.47. The zero-order valence-electron chi connectivity index (χ0n) is 14.2. The molecule has 2 aromatic rings. The van der Waals surface area contributed by atoms with Crippen LogP contribution in [0.5, 0.6) is 0 Å². The smallest absolute Gasteiger partial charge is 0.255 e. The monoisotopic (exact) mass is 373 g/mol. The first kappa shape index (κ1) is 18.0. The highest BCUT2D eigenvalue weighted by atomic mass is 32.1. The lowest BCUT2D eigenvalue weighted by atomic mass is 9.94. The van der Waals surface area contributed by atoms with Gasteiger partial charge in [0, 0.05) is 17.5 Å². The Labute approximate surface area is 155 Å². The van der Waals surface area contributed by atoms with Crippen LogP contribution in [0, 0.1) is 18.6 Å². The third-order valence-electron chi connectivity index (χ3n) is 4.10. The van der Waals surface area contributed by atoms with Crippen LogP contribution < -0.4 is 16.0 Å². The molecule has 0 saturated heterocycles. The van der Waals surface area contributed by atoms with Crippen LogP contribution in [0.25, 0.3) is 0 Å². The lowest BCUT2D eigenvalue weighted by molar-refractivity contribution is -0.113. The maximum Gasteiger partial charge on any atom is 0.255 e. The quantitative estimate of drug-likeness (QED) is 0.718. The standard InChI is InChI=1S/C19H17F2N3OS/c1-10-3-5-12(6-4-10)17-16(11(2)22-19(26)24-17)18(25)23-13-7-8-14(20)15(21)9-13/h3-9,17H,1-2H3,(H,23,25)(H2,22,24,26)/t17-/m1/s1. The molecule has 1 aliphatic rings. The maximum atomic E-state index is 13.4. The van der Waals surface area contributed by atoms with E-state index in [9.17, 15) is 13.6 Å². The number of anilines is 1. The Balaban J connectivity index is 1.93. The molecule has 26 heavy (non-hydrogen) atoms. The van der Waals surface area contributed by atoms with Crippen LogP contribution in [0.15, 0.2) is 53.7 Å². The molecule has 0 aromatic heterocycles. The average Bonchev–Trinajstić information content (AvgIpc) is 2.58. The highest BCUT2D eigenvalue weighted by Gasteiger charge is 2.29. The van der Waals surface area contributed by atoms with Gasteiger partial charge in [0.2, 0.25) is 0 Å². The predicted molar refractivity (Wildman–Crippen MR) is 100 cm³/mol. The van der Waals surface area contributed by atoms with Crippen molar-refractivity contribution in [2.75, 3.05) is 5.32 Å². The van der Waals surface area contributed by atoms with Gasteiger partial charge in [-0.05, 0) is 43.8 Å². The van der Waals surface area contributed by atoms with Crippen molar-refractivity contribution in [3.8, 4) is 0 Å². The van der Waals surface area contributed by atoms with E-state index in [2.05, 4.69) is 16.0 Å². The average molecular weight is 373 g/mol. The summed E-state index contributed by atoms with van der Waals surface area (Å²) in [5.74, 6) is -2.42. The van der Waals surface area contributed by atoms with Gasteiger partial charge in [-0.2, -0.15) is 0 Å². The van der Waals surface area contributed by atoms with Crippen LogP contribution in [0.2, 0.25) is 0 Å². The van der Waals surface area contributed by atoms with Crippen LogP contribution in [0.4, 0.5) is 14.5 Å². The Bertz CT molecular complexity index is 910. The largest absolute Gasteiger partial charge is 0.351 e. The summed E-state index contributed by atoms with van der Waals surface area (Å²) in [6, 6.07) is 10.5. The SMILES string of the molecule is CC1=C(C(=O)Nc2ccc(F)c(F)c2)[C@@H](c2ccc(C)cc2)NC(=S)N1. The van der Waals surface area contributed by atoms with Crippen molar-refractivity contribution in [3.63, 3.8) is 0 Å². The van der Waals surface area contributed by atoms with Crippen molar-refractivity contribution >= 4 is 28.9 Å². The van der Waals surface area contributed by atoms with Gasteiger partial charge in [0.1, 0.15) is 0 Å². The molecule has 4 nitrogen and oxygen atoms in total. The normalized spacial score (nSPS) is 16.8. The lowest BCUT2D eigenvalue weighted by Crippen LogP contribution is -2.45. The number of carbonyl (C=O) groups excluding carboxylic acids is 1. The highest BCUT2D eigenvalue weighted by molar-refractivity contribution is 7.80. The second-order valence-electron chi connectivity index (χ2n) is 6.06. The van der Waals surface area contributed by atoms with Crippen LogP contribution in [-0.2, 0) is 4.79 Å². The Hall–Kier alpha value is -2.80. The first-order chi connectivity index (χ1) is 12.3. The van der Waals surface area contributed by atoms with Crippen LogP contribution in [0.1, 0.15) is 24.1 Å². The van der Waals surface area contributed by atoms with Gasteiger partial charge in [-0.1, -0.05) is 29.8 Å². The molecule has 0 spiro atoms. The number of rotatable bonds is 3. The van der Waals surface area contributed by atoms with Crippen LogP contribution in [0.3, 0.4) is 0 Å². The number of halogens is 2. The van der Waals surface area contributed by atoms with Gasteiger partial charge >= 0.3 is 0 Å². The molecule has 7 heteroatoms. The Kier molecular flexibility index (Phi) is 4.99. The topological polar surface area (TPSA) is 53.2 Å². The van der Waals surface area contributed by atoms with Crippen molar-refractivity contribution in [2.24, 2.45) is 0 Å². The van der Waals surface area contributed by atoms with Gasteiger partial charge in [-0.25, -0.2) is 8.78 Å². The molecule has 1 amide bonds. The Morgan fingerprint density at radius 2 is 1.77 bits per heavy atom. The molecule has 3 N–H and O–H groups in total. The van der Waals surface area contributed by atoms with E-state index in [1.165, 1.54) is 6.07 Å². The molecule has 1 atom stereocenters. The summed E-state index contributed by atoms with van der Waals surface area (Å²) in [6.07, 6.45) is 0. The van der Waals surface area contributed by atoms with Crippen molar-refractivity contribution in [1.82, 2.24) is 10.6 Å². The number of hydrogen-bond acceptors (Lipinski definition) is 2. The fourth-order valence-corrected chi connectivity index (χ4v) is 3.05. The minimum Gasteiger partial charge on any atom is -0.351 e. The van der Waals surface area contributed by atoms with Crippen LogP contribution in [-0.4, -0.2) is 11.0 Å². The zero-order valence-corrected chi connectivity index (χ0v) is 15.0. The van der Waals surface area contributed by atoms with E-state index in [4.69, 9.17) is 12.2 Å². The second kappa shape index (κ2) is 7.21. The minimum absolute atomic E-state index is 0.171. The van der Waals surface area contributed by atoms with Gasteiger partial charge in [0.05, 0.1) is 11.6 Å². The summed E-state index contributed by atoms with van der Waals surface area (Å²) in [5, 5.41) is 9.04. The molecular weight excluding hydrogens is 356 g/mol. The molecule has 0 aliphatic carbocycles. The van der Waals surface area contributed by atoms with E-state index in [0.717, 1.165) is 23.3 Å². The fourth-order valence-electron chi connectivity index (χ4n) is 2.78. The minimum atomic E-state index is -1.02. The summed E-state index contributed by atoms with van der Waals surface area (Å²) in [4.78, 5) is 12.8. The molecule has 1 heterocycles. The first-order valence-corrected chi connectivity index (χ1v) is 8.37. The van der Waals surface area contributed by atoms with Gasteiger partial charge < -0.3 is 16.0 Å². The van der Waals surface area contributed by atoms with E-state index >= 15 is 0 Å². The molecule has 0 saturated carbocycles. The van der Waals surface area contributed by atoms with Gasteiger partial charge in [0.25, 0.3) is 5.91 Å². The van der Waals surface area contributed by atoms with Crippen molar-refractivity contribution in [3.05, 3.63) is 76.5 Å². The molecule has 2 aromatic carbocycles. The highest BCUT2D eigenvalue weighted by Crippen LogP contribution is 2.28. The molecule has 134 valence electrons. The Morgan fingerprint density at radius 1 is 1.08 bits per heavy atom. The van der Waals surface area contributed by atoms with E-state index < -0.39 is 23.6 Å². The van der Waals surface area contributed by atoms with Crippen LogP contribution >= 0.6 is 12.2 Å². The number of allylic oxidation sites excluding steroid dienone is 1. The summed E-state index contributed by atoms with van der Waals surface area (Å²) in [5.41, 5.74) is 3.16. The van der Waals surface area contributed by atoms with Crippen molar-refractivity contribution < 1.29 is 13.6 Å². The summed E-state index contributed by atoms with van der Waals surface area (Å²) in [7, 11) is 0. The molecular formula is C19H17F2N3OS. The van der Waals surface area contributed by atoms with E-state index in [-0.39, 0.29) is 5.69 Å². The number of amides is 1. The molecule has 0 radical (unpaired) electrons. The summed E-state index contributed by atoms with van der Waals surface area (Å²) in [6.45, 7) is 3.72. The number of hydrogen-bond donors (Lipinski definition) is 3. The molecule has 0 bridgehead atoms. The van der Waals surface area contributed by atoms with E-state index in [0.29, 0.717) is 16.4 Å². The third-order valence-corrected chi connectivity index (χ3v) is 4.32. The number of carbonyl (C=O) groups is 1. The first-order valence-electron chi connectivity index (χ1n) is 7.96. The number of nitrogens with one attached hydrogen (secondary N) is 3. The lowest BCUT2D eigenvalue weighted by Gasteiger charge is -2.30. The van der Waals surface area contributed by atoms with E-state index in [1.807, 2.05) is 31.2 Å². The van der Waals surface area contributed by atoms with Gasteiger partial charge in [0.15, 0.2) is 16.7 Å². The zero-order chi connectivity index (χ0) is 18.8. The van der Waals surface area contributed by atoms with Gasteiger partial charge in [-0.15, -0.1) is 0 Å². The molecule has 0 fully saturated rings. The molecule has 0 unspecified atom stereocenters. The number of aryl methyl sites for hydroxylation is 1. The molecule has 1 aliphatic heterocycles. The number of thiocarbonyl (C=S) groups is 1. The van der Waals surface area contributed by atoms with E-state index in [1.54, 1.807) is 6.92 Å². The maximum absolute atomic E-state index is 13.4. The number of benzene rings is 2. The van der Waals surface area contributed by atoms with Crippen molar-refractivity contribution in [2.45, 2.75) is 19.9 Å². The third kappa shape index (κ3) is 3.72. The summed E-state index contributed by atoms with van der Waals surface area (Å²) < 4.78 is 26.5. The molecule has 3 rings (SSSR count). The van der Waals surface area contributed by atoms with Crippen molar-refractivity contribution in [1.29, 1.82) is 0 Å². The fraction of sp³-hybridized carbons (Fsp3) is 0.158. The Morgan fingerprint density at radius 3 is 2.42 bits per heavy atom.